The second kappa shape index (κ2) is 33.5. The van der Waals surface area contributed by atoms with Crippen LogP contribution >= 0.6 is 0 Å². The van der Waals surface area contributed by atoms with Crippen molar-refractivity contribution in [3.8, 4) is 0 Å². The van der Waals surface area contributed by atoms with E-state index in [1.807, 2.05) is 0 Å². The van der Waals surface area contributed by atoms with Crippen molar-refractivity contribution in [2.45, 2.75) is 199 Å². The molecule has 0 aliphatic rings. The fraction of sp³-hybridized carbons (Fsp3) is 0.821. The Bertz CT molecular complexity index is 868. The van der Waals surface area contributed by atoms with Gasteiger partial charge in [0.25, 0.3) is 10.1 Å². The first-order valence-electron chi connectivity index (χ1n) is 19.2. The predicted octanol–water partition coefficient (Wildman–Crippen LogP) is 11.0. The van der Waals surface area contributed by atoms with Gasteiger partial charge in [-0.3, -0.25) is 9.35 Å². The Balaban J connectivity index is 3.97. The van der Waals surface area contributed by atoms with E-state index in [1.54, 1.807) is 6.08 Å². The maximum absolute atomic E-state index is 12.5. The van der Waals surface area contributed by atoms with Crippen molar-refractivity contribution in [1.29, 1.82) is 0 Å². The third-order valence-corrected chi connectivity index (χ3v) is 9.33. The van der Waals surface area contributed by atoms with Gasteiger partial charge in [-0.15, -0.1) is 0 Å². The van der Waals surface area contributed by atoms with Gasteiger partial charge in [-0.05, 0) is 44.9 Å². The zero-order valence-electron chi connectivity index (χ0n) is 29.9. The number of hydrogen-bond acceptors (Lipinski definition) is 4. The van der Waals surface area contributed by atoms with E-state index >= 15 is 0 Å². The van der Waals surface area contributed by atoms with Crippen LogP contribution in [0.3, 0.4) is 0 Å². The smallest absolute Gasteiger partial charge is 0.267 e. The molecule has 270 valence electrons. The van der Waals surface area contributed by atoms with Crippen LogP contribution in [0.2, 0.25) is 0 Å². The average Bonchev–Trinajstić information content (AvgIpc) is 3.01. The van der Waals surface area contributed by atoms with Gasteiger partial charge < -0.3 is 10.4 Å². The van der Waals surface area contributed by atoms with E-state index in [1.165, 1.54) is 122 Å². The maximum atomic E-state index is 12.5. The number of aliphatic hydroxyl groups excluding tert-OH is 1. The summed E-state index contributed by atoms with van der Waals surface area (Å²) in [5.41, 5.74) is 0. The zero-order chi connectivity index (χ0) is 34.0. The molecule has 0 bridgehead atoms. The lowest BCUT2D eigenvalue weighted by molar-refractivity contribution is -0.122. The summed E-state index contributed by atoms with van der Waals surface area (Å²) in [6.45, 7) is 4.48. The van der Waals surface area contributed by atoms with E-state index in [0.717, 1.165) is 44.9 Å². The summed E-state index contributed by atoms with van der Waals surface area (Å²) in [7, 11) is -4.35. The van der Waals surface area contributed by atoms with E-state index in [0.29, 0.717) is 6.42 Å². The van der Waals surface area contributed by atoms with Crippen LogP contribution in [-0.4, -0.2) is 41.9 Å². The monoisotopic (exact) mass is 668 g/mol. The lowest BCUT2D eigenvalue weighted by atomic mass is 10.0. The number of nitrogens with one attached hydrogen (secondary N) is 1. The molecule has 2 atom stereocenters. The quantitative estimate of drug-likeness (QED) is 0.0360. The maximum Gasteiger partial charge on any atom is 0.267 e. The summed E-state index contributed by atoms with van der Waals surface area (Å²) in [5, 5.41) is 13.2. The summed E-state index contributed by atoms with van der Waals surface area (Å²) in [4.78, 5) is 12.5. The third-order valence-electron chi connectivity index (χ3n) is 8.55. The van der Waals surface area contributed by atoms with Gasteiger partial charge in [0.05, 0.1) is 17.9 Å². The topological polar surface area (TPSA) is 104 Å². The molecule has 0 spiro atoms. The Morgan fingerprint density at radius 2 is 0.935 bits per heavy atom. The summed E-state index contributed by atoms with van der Waals surface area (Å²) in [6.07, 6.45) is 42.7. The molecular formula is C39H73NO5S. The minimum atomic E-state index is -4.35. The molecule has 0 rings (SSSR count). The highest BCUT2D eigenvalue weighted by molar-refractivity contribution is 7.85. The Kier molecular flexibility index (Phi) is 32.4. The highest BCUT2D eigenvalue weighted by Crippen LogP contribution is 2.15. The van der Waals surface area contributed by atoms with Crippen LogP contribution in [0, 0.1) is 0 Å². The molecule has 0 heterocycles. The number of aliphatic hydroxyl groups is 1. The second-order valence-corrected chi connectivity index (χ2v) is 14.7. The molecule has 0 aromatic carbocycles. The van der Waals surface area contributed by atoms with Crippen molar-refractivity contribution in [2.75, 3.05) is 5.75 Å². The van der Waals surface area contributed by atoms with Crippen LogP contribution in [0.15, 0.2) is 36.5 Å². The van der Waals surface area contributed by atoms with Crippen LogP contribution < -0.4 is 5.32 Å². The average molecular weight is 668 g/mol. The number of carbonyl (C=O) groups excluding carboxylic acids is 1. The molecule has 1 amide bonds. The van der Waals surface area contributed by atoms with Crippen molar-refractivity contribution in [3.63, 3.8) is 0 Å². The van der Waals surface area contributed by atoms with Gasteiger partial charge in [-0.1, -0.05) is 172 Å². The van der Waals surface area contributed by atoms with Gasteiger partial charge in [-0.2, -0.15) is 8.42 Å². The highest BCUT2D eigenvalue weighted by Gasteiger charge is 2.24. The largest absolute Gasteiger partial charge is 0.387 e. The normalized spacial score (nSPS) is 13.7. The van der Waals surface area contributed by atoms with E-state index in [4.69, 9.17) is 0 Å². The molecule has 46 heavy (non-hydrogen) atoms. The van der Waals surface area contributed by atoms with Crippen LogP contribution in [0.25, 0.3) is 0 Å². The number of unbranched alkanes of at least 4 members (excludes halogenated alkanes) is 22. The second-order valence-electron chi connectivity index (χ2n) is 13.2. The number of allylic oxidation sites excluding steroid dienone is 5. The van der Waals surface area contributed by atoms with Crippen LogP contribution in [0.4, 0.5) is 0 Å². The van der Waals surface area contributed by atoms with Gasteiger partial charge in [-0.25, -0.2) is 0 Å². The van der Waals surface area contributed by atoms with Crippen molar-refractivity contribution >= 4 is 16.0 Å². The first-order valence-corrected chi connectivity index (χ1v) is 20.8. The number of rotatable bonds is 34. The van der Waals surface area contributed by atoms with Gasteiger partial charge in [0.1, 0.15) is 0 Å². The minimum Gasteiger partial charge on any atom is -0.387 e. The molecule has 3 N–H and O–H groups in total. The first kappa shape index (κ1) is 44.6. The minimum absolute atomic E-state index is 0.288. The van der Waals surface area contributed by atoms with E-state index in [9.17, 15) is 22.9 Å². The van der Waals surface area contributed by atoms with Gasteiger partial charge in [0, 0.05) is 6.42 Å². The molecule has 0 aromatic rings. The molecule has 2 unspecified atom stereocenters. The lowest BCUT2D eigenvalue weighted by Gasteiger charge is -2.21. The summed E-state index contributed by atoms with van der Waals surface area (Å²) in [5.74, 6) is -1.00. The molecule has 0 aromatic heterocycles. The van der Waals surface area contributed by atoms with E-state index < -0.39 is 28.0 Å². The van der Waals surface area contributed by atoms with Crippen molar-refractivity contribution in [1.82, 2.24) is 5.32 Å². The highest BCUT2D eigenvalue weighted by atomic mass is 32.2. The molecule has 0 saturated carbocycles. The molecule has 7 heteroatoms. The predicted molar refractivity (Wildman–Crippen MR) is 198 cm³/mol. The first-order chi connectivity index (χ1) is 22.3. The SMILES string of the molecule is CCCCC/C=C/CC/C=C/CC/C=C/C(O)C(CS(=O)(=O)O)NC(=O)CCCCCCCCCCCCCCCCCCCC. The molecule has 0 saturated heterocycles. The van der Waals surface area contributed by atoms with Crippen LogP contribution in [0.5, 0.6) is 0 Å². The summed E-state index contributed by atoms with van der Waals surface area (Å²) in [6, 6.07) is -1.08. The number of hydrogen-bond donors (Lipinski definition) is 3. The molecule has 0 radical (unpaired) electrons. The summed E-state index contributed by atoms with van der Waals surface area (Å²) >= 11 is 0. The Morgan fingerprint density at radius 1 is 0.565 bits per heavy atom. The van der Waals surface area contributed by atoms with Gasteiger partial charge in [0.2, 0.25) is 5.91 Å². The molecule has 0 aliphatic heterocycles. The van der Waals surface area contributed by atoms with Crippen molar-refractivity contribution < 1.29 is 22.9 Å². The van der Waals surface area contributed by atoms with Crippen LogP contribution in [-0.2, 0) is 14.9 Å². The van der Waals surface area contributed by atoms with Crippen molar-refractivity contribution in [3.05, 3.63) is 36.5 Å². The fourth-order valence-corrected chi connectivity index (χ4v) is 6.39. The molecule has 0 fully saturated rings. The molecule has 6 nitrogen and oxygen atoms in total. The fourth-order valence-electron chi connectivity index (χ4n) is 5.66. The van der Waals surface area contributed by atoms with E-state index in [-0.39, 0.29) is 12.3 Å². The number of carbonyl (C=O) groups is 1. The van der Waals surface area contributed by atoms with Gasteiger partial charge in [0.15, 0.2) is 0 Å². The molecule has 0 aliphatic carbocycles. The zero-order valence-corrected chi connectivity index (χ0v) is 30.8. The third kappa shape index (κ3) is 33.9. The Morgan fingerprint density at radius 3 is 1.37 bits per heavy atom. The standard InChI is InChI=1S/C39H73NO5S/c1-3-5-7-9-11-13-15-17-18-19-20-21-23-25-27-29-31-33-35-39(42)40-37(36-46(43,44)45)38(41)34-32-30-28-26-24-22-16-14-12-10-8-6-4-2/h12,14,24,26,32,34,37-38,41H,3-11,13,15-23,25,27-31,33,35-36H2,1-2H3,(H,40,42)(H,43,44,45)/b14-12+,26-24+,34-32+. The Hall–Kier alpha value is -1.44. The summed E-state index contributed by atoms with van der Waals surface area (Å²) < 4.78 is 32.4. The lowest BCUT2D eigenvalue weighted by Crippen LogP contribution is -2.46. The van der Waals surface area contributed by atoms with Crippen molar-refractivity contribution in [2.24, 2.45) is 0 Å². The van der Waals surface area contributed by atoms with Crippen LogP contribution in [0.1, 0.15) is 187 Å². The Labute approximate surface area is 285 Å². The van der Waals surface area contributed by atoms with Gasteiger partial charge >= 0.3 is 0 Å². The van der Waals surface area contributed by atoms with E-state index in [2.05, 4.69) is 43.5 Å². The number of amides is 1. The molecular weight excluding hydrogens is 594 g/mol.